The molecular formula is C15H23N2O3Pt. The van der Waals surface area contributed by atoms with Crippen molar-refractivity contribution in [3.63, 3.8) is 0 Å². The molecule has 2 atom stereocenters. The number of hydrogen-bond acceptors (Lipinski definition) is 4. The van der Waals surface area contributed by atoms with Crippen molar-refractivity contribution in [1.29, 1.82) is 0 Å². The van der Waals surface area contributed by atoms with Gasteiger partial charge in [0.2, 0.25) is 0 Å². The van der Waals surface area contributed by atoms with Crippen LogP contribution in [0.15, 0.2) is 36.4 Å². The van der Waals surface area contributed by atoms with Crippen molar-refractivity contribution in [2.45, 2.75) is 37.8 Å². The van der Waals surface area contributed by atoms with Gasteiger partial charge >= 0.3 is 29.9 Å². The van der Waals surface area contributed by atoms with Crippen LogP contribution in [0.4, 0.5) is 0 Å². The summed E-state index contributed by atoms with van der Waals surface area (Å²) in [5.74, 6) is -0.922. The SMILES string of the molecule is N[C@@H]1CCCC[C@H]1N.O=C(O)C=Cc1ccccc1.[OH][Pt]. The van der Waals surface area contributed by atoms with Crippen molar-refractivity contribution < 1.29 is 33.9 Å². The number of carbonyl (C=O) groups is 1. The van der Waals surface area contributed by atoms with Crippen LogP contribution in [0.3, 0.4) is 0 Å². The maximum atomic E-state index is 10.1. The van der Waals surface area contributed by atoms with E-state index in [1.165, 1.54) is 12.8 Å². The maximum absolute atomic E-state index is 10.1. The second-order valence-electron chi connectivity index (χ2n) is 4.69. The van der Waals surface area contributed by atoms with E-state index in [1.807, 2.05) is 30.3 Å². The van der Waals surface area contributed by atoms with Crippen molar-refractivity contribution in [3.8, 4) is 0 Å². The van der Waals surface area contributed by atoms with Gasteiger partial charge in [0.05, 0.1) is 0 Å². The fraction of sp³-hybridized carbons (Fsp3) is 0.400. The van der Waals surface area contributed by atoms with Crippen LogP contribution in [-0.2, 0) is 25.0 Å². The fourth-order valence-electron chi connectivity index (χ4n) is 1.92. The molecule has 0 unspecified atom stereocenters. The van der Waals surface area contributed by atoms with Gasteiger partial charge in [0, 0.05) is 18.2 Å². The van der Waals surface area contributed by atoms with E-state index in [4.69, 9.17) is 20.3 Å². The zero-order valence-corrected chi connectivity index (χ0v) is 14.1. The van der Waals surface area contributed by atoms with Crippen LogP contribution in [0.1, 0.15) is 31.2 Å². The summed E-state index contributed by atoms with van der Waals surface area (Å²) in [5.41, 5.74) is 12.2. The number of carboxylic acids is 1. The van der Waals surface area contributed by atoms with Gasteiger partial charge < -0.3 is 16.6 Å². The Balaban J connectivity index is 0.000000354. The molecule has 0 aliphatic heterocycles. The zero-order valence-electron chi connectivity index (χ0n) is 11.8. The average Bonchev–Trinajstić information content (AvgIpc) is 2.52. The number of nitrogens with two attached hydrogens (primary N) is 2. The average molecular weight is 474 g/mol. The van der Waals surface area contributed by atoms with E-state index >= 15 is 0 Å². The Bertz CT molecular complexity index is 403. The van der Waals surface area contributed by atoms with Crippen molar-refractivity contribution >= 4 is 12.0 Å². The van der Waals surface area contributed by atoms with Gasteiger partial charge in [0.15, 0.2) is 0 Å². The summed E-state index contributed by atoms with van der Waals surface area (Å²) in [6.45, 7) is 0. The molecule has 1 aliphatic rings. The third-order valence-corrected chi connectivity index (χ3v) is 3.09. The van der Waals surface area contributed by atoms with Crippen LogP contribution in [0.5, 0.6) is 0 Å². The van der Waals surface area contributed by atoms with Gasteiger partial charge in [-0.05, 0) is 24.5 Å². The zero-order chi connectivity index (χ0) is 16.1. The summed E-state index contributed by atoms with van der Waals surface area (Å²) in [6, 6.07) is 9.87. The molecule has 1 aromatic rings. The Hall–Kier alpha value is -1.00. The first-order chi connectivity index (χ1) is 10.1. The number of benzene rings is 1. The molecule has 0 saturated heterocycles. The summed E-state index contributed by atoms with van der Waals surface area (Å²) in [6.07, 6.45) is 7.48. The summed E-state index contributed by atoms with van der Waals surface area (Å²) in [4.78, 5) is 10.1. The Morgan fingerprint density at radius 3 is 1.95 bits per heavy atom. The van der Waals surface area contributed by atoms with Gasteiger partial charge in [-0.25, -0.2) is 4.79 Å². The molecule has 2 rings (SSSR count). The Morgan fingerprint density at radius 2 is 1.57 bits per heavy atom. The normalized spacial score (nSPS) is 20.8. The Kier molecular flexibility index (Phi) is 12.1. The monoisotopic (exact) mass is 474 g/mol. The number of aliphatic carboxylic acids is 1. The minimum absolute atomic E-state index is 0.281. The van der Waals surface area contributed by atoms with E-state index in [-0.39, 0.29) is 12.1 Å². The molecular weight excluding hydrogens is 451 g/mol. The van der Waals surface area contributed by atoms with Crippen molar-refractivity contribution in [2.75, 3.05) is 0 Å². The van der Waals surface area contributed by atoms with Gasteiger partial charge in [-0.3, -0.25) is 0 Å². The Morgan fingerprint density at radius 1 is 1.10 bits per heavy atom. The Labute approximate surface area is 137 Å². The van der Waals surface area contributed by atoms with Gasteiger partial charge in [-0.15, -0.1) is 0 Å². The summed E-state index contributed by atoms with van der Waals surface area (Å²) in [5, 5.41) is 8.29. The molecule has 121 valence electrons. The third kappa shape index (κ3) is 10.4. The summed E-state index contributed by atoms with van der Waals surface area (Å²) in [7, 11) is 0. The molecule has 5 nitrogen and oxygen atoms in total. The third-order valence-electron chi connectivity index (χ3n) is 3.09. The van der Waals surface area contributed by atoms with E-state index in [2.05, 4.69) is 0 Å². The van der Waals surface area contributed by atoms with Crippen LogP contribution in [0.25, 0.3) is 6.08 Å². The first-order valence-corrected chi connectivity index (χ1v) is 7.72. The van der Waals surface area contributed by atoms with Gasteiger partial charge in [-0.2, -0.15) is 0 Å². The molecule has 0 bridgehead atoms. The molecule has 6 N–H and O–H groups in total. The van der Waals surface area contributed by atoms with Crippen LogP contribution in [0, 0.1) is 0 Å². The number of carboxylic acid groups (broad SMARTS) is 1. The number of hydrogen-bond donors (Lipinski definition) is 4. The quantitative estimate of drug-likeness (QED) is 0.485. The number of rotatable bonds is 2. The second kappa shape index (κ2) is 12.7. The van der Waals surface area contributed by atoms with Crippen LogP contribution in [0.2, 0.25) is 0 Å². The van der Waals surface area contributed by atoms with Crippen LogP contribution < -0.4 is 11.5 Å². The second-order valence-corrected chi connectivity index (χ2v) is 4.69. The first-order valence-electron chi connectivity index (χ1n) is 6.71. The minimum atomic E-state index is -0.922. The standard InChI is InChI=1S/C9H8O2.C6H14N2.H2O.Pt/c10-9(11)7-6-8-4-2-1-3-5-8;7-5-3-1-2-4-6(5)8;;/h1-7H,(H,10,11);5-6H,1-4,7-8H2;1H2;/q;;;+1/p-1/t;5-,6-;;/m.1../s1. The molecule has 0 radical (unpaired) electrons. The van der Waals surface area contributed by atoms with E-state index in [0.717, 1.165) is 44.7 Å². The predicted molar refractivity (Wildman–Crippen MR) is 79.7 cm³/mol. The van der Waals surface area contributed by atoms with Gasteiger partial charge in [0.25, 0.3) is 0 Å². The molecule has 0 amide bonds. The first kappa shape index (κ1) is 20.0. The molecule has 0 spiro atoms. The molecule has 0 aromatic heterocycles. The molecule has 1 saturated carbocycles. The summed E-state index contributed by atoms with van der Waals surface area (Å²) >= 11 is 1.14. The van der Waals surface area contributed by atoms with E-state index < -0.39 is 5.97 Å². The topological polar surface area (TPSA) is 110 Å². The predicted octanol–water partition coefficient (Wildman–Crippen LogP) is 1.44. The molecule has 6 heteroatoms. The molecule has 1 fully saturated rings. The summed E-state index contributed by atoms with van der Waals surface area (Å²) < 4.78 is 6.97. The molecule has 21 heavy (non-hydrogen) atoms. The van der Waals surface area contributed by atoms with Gasteiger partial charge in [0.1, 0.15) is 0 Å². The van der Waals surface area contributed by atoms with Crippen molar-refractivity contribution in [2.24, 2.45) is 11.5 Å². The fourth-order valence-corrected chi connectivity index (χ4v) is 1.92. The molecule has 0 heterocycles. The van der Waals surface area contributed by atoms with Crippen molar-refractivity contribution in [3.05, 3.63) is 42.0 Å². The van der Waals surface area contributed by atoms with E-state index in [9.17, 15) is 4.79 Å². The van der Waals surface area contributed by atoms with Crippen molar-refractivity contribution in [1.82, 2.24) is 0 Å². The van der Waals surface area contributed by atoms with E-state index in [0.29, 0.717) is 0 Å². The molecule has 1 aromatic carbocycles. The van der Waals surface area contributed by atoms with Crippen LogP contribution in [-0.4, -0.2) is 26.9 Å². The molecule has 1 aliphatic carbocycles. The van der Waals surface area contributed by atoms with Crippen LogP contribution >= 0.6 is 0 Å². The van der Waals surface area contributed by atoms with E-state index in [1.54, 1.807) is 6.08 Å². The van der Waals surface area contributed by atoms with Gasteiger partial charge in [-0.1, -0.05) is 43.2 Å².